The molecule has 4 nitrogen and oxygen atoms in total. The van der Waals surface area contributed by atoms with Crippen LogP contribution in [0.3, 0.4) is 0 Å². The Balaban J connectivity index is 2.07. The number of hydrogen-bond donors (Lipinski definition) is 0. The average Bonchev–Trinajstić information content (AvgIpc) is 2.67. The van der Waals surface area contributed by atoms with Crippen molar-refractivity contribution < 1.29 is 13.6 Å². The van der Waals surface area contributed by atoms with Gasteiger partial charge in [0.1, 0.15) is 17.5 Å². The second kappa shape index (κ2) is 5.48. The number of nitrogens with zero attached hydrogens (tertiary/aromatic N) is 3. The van der Waals surface area contributed by atoms with Crippen LogP contribution in [0.1, 0.15) is 16.2 Å². The van der Waals surface area contributed by atoms with Gasteiger partial charge in [-0.3, -0.25) is 4.79 Å². The van der Waals surface area contributed by atoms with Crippen molar-refractivity contribution in [3.8, 4) is 0 Å². The molecule has 19 heavy (non-hydrogen) atoms. The van der Waals surface area contributed by atoms with Gasteiger partial charge in [-0.05, 0) is 19.1 Å². The lowest BCUT2D eigenvalue weighted by atomic mass is 10.1. The van der Waals surface area contributed by atoms with Crippen LogP contribution in [0.2, 0.25) is 0 Å². The standard InChI is InChI=1S/C12H11F2N3OS/c1-7-15-16-12(17(7)2)19-6-11(18)9-4-3-8(13)5-10(9)14/h3-5H,6H2,1-2H3. The number of carbonyl (C=O) groups excluding carboxylic acids is 1. The van der Waals surface area contributed by atoms with Gasteiger partial charge in [-0.1, -0.05) is 11.8 Å². The Labute approximate surface area is 112 Å². The molecule has 0 saturated heterocycles. The molecule has 1 aromatic carbocycles. The molecule has 0 aliphatic heterocycles. The first kappa shape index (κ1) is 13.7. The van der Waals surface area contributed by atoms with Gasteiger partial charge in [0.2, 0.25) is 0 Å². The van der Waals surface area contributed by atoms with Crippen LogP contribution in [0.4, 0.5) is 8.78 Å². The second-order valence-corrected chi connectivity index (χ2v) is 4.87. The molecule has 0 radical (unpaired) electrons. The average molecular weight is 283 g/mol. The highest BCUT2D eigenvalue weighted by Crippen LogP contribution is 2.18. The summed E-state index contributed by atoms with van der Waals surface area (Å²) in [6.45, 7) is 1.79. The smallest absolute Gasteiger partial charge is 0.191 e. The topological polar surface area (TPSA) is 47.8 Å². The molecule has 0 aliphatic rings. The molecule has 0 fully saturated rings. The molecule has 0 spiro atoms. The molecule has 0 bridgehead atoms. The molecular formula is C12H11F2N3OS. The fraction of sp³-hybridized carbons (Fsp3) is 0.250. The highest BCUT2D eigenvalue weighted by molar-refractivity contribution is 7.99. The first-order valence-electron chi connectivity index (χ1n) is 5.46. The molecule has 2 rings (SSSR count). The van der Waals surface area contributed by atoms with E-state index in [2.05, 4.69) is 10.2 Å². The quantitative estimate of drug-likeness (QED) is 0.638. The predicted molar refractivity (Wildman–Crippen MR) is 67.2 cm³/mol. The number of hydrogen-bond acceptors (Lipinski definition) is 4. The highest BCUT2D eigenvalue weighted by Gasteiger charge is 2.14. The third-order valence-electron chi connectivity index (χ3n) is 2.62. The second-order valence-electron chi connectivity index (χ2n) is 3.92. The molecule has 0 atom stereocenters. The zero-order chi connectivity index (χ0) is 14.0. The zero-order valence-electron chi connectivity index (χ0n) is 10.4. The Morgan fingerprint density at radius 2 is 2.11 bits per heavy atom. The van der Waals surface area contributed by atoms with Crippen molar-refractivity contribution in [3.63, 3.8) is 0 Å². The number of aryl methyl sites for hydroxylation is 1. The van der Waals surface area contributed by atoms with Crippen molar-refractivity contribution >= 4 is 17.5 Å². The normalized spacial score (nSPS) is 10.7. The van der Waals surface area contributed by atoms with Gasteiger partial charge in [0.05, 0.1) is 11.3 Å². The SMILES string of the molecule is Cc1nnc(SCC(=O)c2ccc(F)cc2F)n1C. The number of halogens is 2. The van der Waals surface area contributed by atoms with E-state index in [0.717, 1.165) is 29.7 Å². The van der Waals surface area contributed by atoms with Crippen LogP contribution >= 0.6 is 11.8 Å². The fourth-order valence-corrected chi connectivity index (χ4v) is 2.28. The maximum absolute atomic E-state index is 13.4. The molecular weight excluding hydrogens is 272 g/mol. The lowest BCUT2D eigenvalue weighted by molar-refractivity contribution is 0.101. The number of rotatable bonds is 4. The van der Waals surface area contributed by atoms with Gasteiger partial charge in [-0.15, -0.1) is 10.2 Å². The minimum Gasteiger partial charge on any atom is -0.309 e. The summed E-state index contributed by atoms with van der Waals surface area (Å²) in [6, 6.07) is 2.91. The maximum Gasteiger partial charge on any atom is 0.191 e. The Hall–Kier alpha value is -1.76. The summed E-state index contributed by atoms with van der Waals surface area (Å²) in [4.78, 5) is 11.8. The molecule has 100 valence electrons. The van der Waals surface area contributed by atoms with Gasteiger partial charge in [0, 0.05) is 13.1 Å². The van der Waals surface area contributed by atoms with Gasteiger partial charge in [-0.2, -0.15) is 0 Å². The van der Waals surface area contributed by atoms with E-state index in [9.17, 15) is 13.6 Å². The summed E-state index contributed by atoms with van der Waals surface area (Å²) in [7, 11) is 1.78. The maximum atomic E-state index is 13.4. The van der Waals surface area contributed by atoms with Crippen molar-refractivity contribution in [3.05, 3.63) is 41.2 Å². The van der Waals surface area contributed by atoms with Crippen molar-refractivity contribution in [2.24, 2.45) is 7.05 Å². The van der Waals surface area contributed by atoms with Gasteiger partial charge < -0.3 is 4.57 Å². The van der Waals surface area contributed by atoms with E-state index in [1.165, 1.54) is 0 Å². The third kappa shape index (κ3) is 2.98. The number of ketones is 1. The number of thioether (sulfide) groups is 1. The van der Waals surface area contributed by atoms with E-state index < -0.39 is 17.4 Å². The van der Waals surface area contributed by atoms with E-state index in [-0.39, 0.29) is 11.3 Å². The molecule has 0 N–H and O–H groups in total. The highest BCUT2D eigenvalue weighted by atomic mass is 32.2. The fourth-order valence-electron chi connectivity index (χ4n) is 1.44. The van der Waals surface area contributed by atoms with Crippen LogP contribution in [0, 0.1) is 18.6 Å². The molecule has 1 aromatic heterocycles. The Morgan fingerprint density at radius 3 is 2.68 bits per heavy atom. The molecule has 0 saturated carbocycles. The summed E-state index contributed by atoms with van der Waals surface area (Å²) in [6.07, 6.45) is 0. The summed E-state index contributed by atoms with van der Waals surface area (Å²) >= 11 is 1.16. The molecule has 0 aliphatic carbocycles. The van der Waals surface area contributed by atoms with Crippen LogP contribution in [-0.4, -0.2) is 26.3 Å². The van der Waals surface area contributed by atoms with Crippen LogP contribution in [0.25, 0.3) is 0 Å². The summed E-state index contributed by atoms with van der Waals surface area (Å²) in [5.41, 5.74) is -0.118. The van der Waals surface area contributed by atoms with E-state index in [1.807, 2.05) is 0 Å². The Bertz CT molecular complexity index is 627. The van der Waals surface area contributed by atoms with E-state index in [1.54, 1.807) is 18.5 Å². The predicted octanol–water partition coefficient (Wildman–Crippen LogP) is 2.38. The minimum atomic E-state index is -0.847. The minimum absolute atomic E-state index is 0.0223. The first-order chi connectivity index (χ1) is 8.99. The van der Waals surface area contributed by atoms with Crippen molar-refractivity contribution in [2.45, 2.75) is 12.1 Å². The van der Waals surface area contributed by atoms with Crippen molar-refractivity contribution in [1.29, 1.82) is 0 Å². The van der Waals surface area contributed by atoms with Gasteiger partial charge in [0.25, 0.3) is 0 Å². The number of benzene rings is 1. The summed E-state index contributed by atoms with van der Waals surface area (Å²) in [5, 5.41) is 8.32. The molecule has 2 aromatic rings. The largest absolute Gasteiger partial charge is 0.309 e. The van der Waals surface area contributed by atoms with E-state index in [4.69, 9.17) is 0 Å². The van der Waals surface area contributed by atoms with Crippen LogP contribution in [0.5, 0.6) is 0 Å². The van der Waals surface area contributed by atoms with Crippen LogP contribution < -0.4 is 0 Å². The third-order valence-corrected chi connectivity index (χ3v) is 3.64. The monoisotopic (exact) mass is 283 g/mol. The molecule has 7 heteroatoms. The van der Waals surface area contributed by atoms with E-state index in [0.29, 0.717) is 11.2 Å². The zero-order valence-corrected chi connectivity index (χ0v) is 11.2. The summed E-state index contributed by atoms with van der Waals surface area (Å²) < 4.78 is 27.9. The van der Waals surface area contributed by atoms with Crippen LogP contribution in [0.15, 0.2) is 23.4 Å². The Morgan fingerprint density at radius 1 is 1.37 bits per heavy atom. The number of Topliss-reactive ketones (excluding diaryl/α,β-unsaturated/α-hetero) is 1. The van der Waals surface area contributed by atoms with Gasteiger partial charge >= 0.3 is 0 Å². The van der Waals surface area contributed by atoms with Gasteiger partial charge in [0.15, 0.2) is 10.9 Å². The van der Waals surface area contributed by atoms with Crippen molar-refractivity contribution in [2.75, 3.05) is 5.75 Å². The lowest BCUT2D eigenvalue weighted by Gasteiger charge is -2.03. The molecule has 1 heterocycles. The molecule has 0 unspecified atom stereocenters. The molecule has 0 amide bonds. The summed E-state index contributed by atoms with van der Waals surface area (Å²) in [5.74, 6) is -1.22. The van der Waals surface area contributed by atoms with Crippen molar-refractivity contribution in [1.82, 2.24) is 14.8 Å². The lowest BCUT2D eigenvalue weighted by Crippen LogP contribution is -2.06. The Kier molecular flexibility index (Phi) is 3.94. The van der Waals surface area contributed by atoms with Crippen LogP contribution in [-0.2, 0) is 7.05 Å². The number of carbonyl (C=O) groups is 1. The first-order valence-corrected chi connectivity index (χ1v) is 6.44. The van der Waals surface area contributed by atoms with Gasteiger partial charge in [-0.25, -0.2) is 8.78 Å². The number of aromatic nitrogens is 3. The van der Waals surface area contributed by atoms with E-state index >= 15 is 0 Å².